The smallest absolute Gasteiger partial charge is 0.330 e. The number of amidine groups is 1. The van der Waals surface area contributed by atoms with E-state index >= 15 is 0 Å². The molecule has 0 saturated carbocycles. The third-order valence-electron chi connectivity index (χ3n) is 4.55. The summed E-state index contributed by atoms with van der Waals surface area (Å²) in [5.41, 5.74) is 8.13. The maximum Gasteiger partial charge on any atom is 0.330 e. The van der Waals surface area contributed by atoms with Gasteiger partial charge in [0.2, 0.25) is 0 Å². The second kappa shape index (κ2) is 10.2. The van der Waals surface area contributed by atoms with Gasteiger partial charge in [-0.25, -0.2) is 4.79 Å². The topological polar surface area (TPSA) is 118 Å². The molecule has 3 aromatic rings. The highest BCUT2D eigenvalue weighted by Crippen LogP contribution is 2.30. The third kappa shape index (κ3) is 5.99. The number of aliphatic carboxylic acids is 1. The van der Waals surface area contributed by atoms with Crippen LogP contribution in [0.25, 0.3) is 0 Å². The van der Waals surface area contributed by atoms with Gasteiger partial charge in [-0.05, 0) is 54.4 Å². The van der Waals surface area contributed by atoms with Crippen LogP contribution in [0.3, 0.4) is 0 Å². The molecule has 0 aliphatic carbocycles. The Morgan fingerprint density at radius 1 is 1.03 bits per heavy atom. The molecule has 0 spiro atoms. The van der Waals surface area contributed by atoms with Crippen LogP contribution in [0.15, 0.2) is 72.8 Å². The van der Waals surface area contributed by atoms with E-state index in [2.05, 4.69) is 5.32 Å². The number of carboxylic acids is 1. The van der Waals surface area contributed by atoms with Crippen LogP contribution in [-0.4, -0.2) is 23.5 Å². The summed E-state index contributed by atoms with van der Waals surface area (Å²) in [7, 11) is 0. The average Bonchev–Trinajstić information content (AvgIpc) is 2.77. The van der Waals surface area contributed by atoms with Gasteiger partial charge in [0.25, 0.3) is 0 Å². The maximum atomic E-state index is 12.0. The lowest BCUT2D eigenvalue weighted by atomic mass is 10.1. The van der Waals surface area contributed by atoms with Crippen molar-refractivity contribution in [1.29, 1.82) is 5.41 Å². The number of nitrogens with one attached hydrogen (secondary N) is 2. The molecule has 160 valence electrons. The zero-order valence-electron chi connectivity index (χ0n) is 17.2. The van der Waals surface area contributed by atoms with Crippen molar-refractivity contribution in [2.24, 2.45) is 5.73 Å². The lowest BCUT2D eigenvalue weighted by Gasteiger charge is -2.19. The van der Waals surface area contributed by atoms with Crippen molar-refractivity contribution in [2.45, 2.75) is 19.6 Å². The molecule has 0 aliphatic heterocycles. The van der Waals surface area contributed by atoms with Crippen LogP contribution in [-0.2, 0) is 11.4 Å². The monoisotopic (exact) mass is 419 g/mol. The van der Waals surface area contributed by atoms with Gasteiger partial charge in [0, 0.05) is 17.3 Å². The number of nitrogens with two attached hydrogens (primary N) is 1. The summed E-state index contributed by atoms with van der Waals surface area (Å²) in [5.74, 6) is -0.0444. The summed E-state index contributed by atoms with van der Waals surface area (Å²) in [6.45, 7) is 2.66. The van der Waals surface area contributed by atoms with Crippen LogP contribution < -0.4 is 20.5 Å². The Labute approximate surface area is 180 Å². The van der Waals surface area contributed by atoms with Crippen molar-refractivity contribution in [3.63, 3.8) is 0 Å². The molecule has 1 atom stereocenters. The van der Waals surface area contributed by atoms with Crippen molar-refractivity contribution in [1.82, 2.24) is 0 Å². The molecule has 0 bridgehead atoms. The number of ether oxygens (including phenoxy) is 2. The molecule has 3 aromatic carbocycles. The molecular formula is C24H25N3O4. The van der Waals surface area contributed by atoms with Gasteiger partial charge in [-0.1, -0.05) is 30.3 Å². The highest BCUT2D eigenvalue weighted by atomic mass is 16.5. The van der Waals surface area contributed by atoms with Gasteiger partial charge in [0.1, 0.15) is 23.9 Å². The summed E-state index contributed by atoms with van der Waals surface area (Å²) in [6, 6.07) is 20.5. The number of nitrogen functional groups attached to an aromatic ring is 1. The van der Waals surface area contributed by atoms with Crippen LogP contribution in [0.4, 0.5) is 5.69 Å². The molecule has 0 fully saturated rings. The highest BCUT2D eigenvalue weighted by Gasteiger charge is 2.22. The van der Waals surface area contributed by atoms with Gasteiger partial charge in [-0.3, -0.25) is 5.41 Å². The quantitative estimate of drug-likeness (QED) is 0.289. The van der Waals surface area contributed by atoms with Crippen LogP contribution >= 0.6 is 0 Å². The van der Waals surface area contributed by atoms with E-state index in [1.54, 1.807) is 42.5 Å². The summed E-state index contributed by atoms with van der Waals surface area (Å²) >= 11 is 0. The van der Waals surface area contributed by atoms with Crippen LogP contribution in [0.5, 0.6) is 11.5 Å². The van der Waals surface area contributed by atoms with Crippen molar-refractivity contribution in [3.8, 4) is 11.5 Å². The molecule has 3 rings (SSSR count). The molecule has 0 aliphatic rings. The zero-order valence-corrected chi connectivity index (χ0v) is 17.2. The van der Waals surface area contributed by atoms with Crippen LogP contribution in [0.2, 0.25) is 0 Å². The first-order valence-corrected chi connectivity index (χ1v) is 9.84. The number of rotatable bonds is 10. The number of hydrogen-bond donors (Lipinski definition) is 4. The minimum absolute atomic E-state index is 0.0500. The Balaban J connectivity index is 1.86. The van der Waals surface area contributed by atoms with Gasteiger partial charge >= 0.3 is 5.97 Å². The molecule has 7 nitrogen and oxygen atoms in total. The summed E-state index contributed by atoms with van der Waals surface area (Å²) in [6.07, 6.45) is 0. The minimum Gasteiger partial charge on any atom is -0.494 e. The summed E-state index contributed by atoms with van der Waals surface area (Å²) < 4.78 is 11.5. The van der Waals surface area contributed by atoms with E-state index in [1.807, 2.05) is 37.3 Å². The molecular weight excluding hydrogens is 394 g/mol. The number of carboxylic acid groups (broad SMARTS) is 1. The predicted molar refractivity (Wildman–Crippen MR) is 120 cm³/mol. The Bertz CT molecular complexity index is 1040. The lowest BCUT2D eigenvalue weighted by molar-refractivity contribution is -0.138. The minimum atomic E-state index is -1.04. The molecule has 0 heterocycles. The Morgan fingerprint density at radius 2 is 1.68 bits per heavy atom. The first-order chi connectivity index (χ1) is 15.0. The molecule has 0 saturated heterocycles. The van der Waals surface area contributed by atoms with Gasteiger partial charge in [-0.15, -0.1) is 0 Å². The molecule has 0 radical (unpaired) electrons. The van der Waals surface area contributed by atoms with E-state index in [0.29, 0.717) is 41.5 Å². The van der Waals surface area contributed by atoms with Gasteiger partial charge in [0.15, 0.2) is 6.04 Å². The van der Waals surface area contributed by atoms with Crippen LogP contribution in [0.1, 0.15) is 29.7 Å². The highest BCUT2D eigenvalue weighted by molar-refractivity contribution is 5.95. The second-order valence-electron chi connectivity index (χ2n) is 6.85. The fourth-order valence-corrected chi connectivity index (χ4v) is 3.03. The van der Waals surface area contributed by atoms with Crippen molar-refractivity contribution < 1.29 is 19.4 Å². The number of anilines is 1. The molecule has 0 amide bonds. The Kier molecular flexibility index (Phi) is 7.11. The molecule has 7 heteroatoms. The lowest BCUT2D eigenvalue weighted by Crippen LogP contribution is -2.21. The average molecular weight is 419 g/mol. The Hall–Kier alpha value is -4.00. The van der Waals surface area contributed by atoms with E-state index in [9.17, 15) is 9.90 Å². The Morgan fingerprint density at radius 3 is 2.26 bits per heavy atom. The molecule has 1 unspecified atom stereocenters. The third-order valence-corrected chi connectivity index (χ3v) is 4.55. The van der Waals surface area contributed by atoms with Gasteiger partial charge < -0.3 is 25.6 Å². The predicted octanol–water partition coefficient (Wildman–Crippen LogP) is 4.19. The van der Waals surface area contributed by atoms with Crippen molar-refractivity contribution in [2.75, 3.05) is 11.9 Å². The van der Waals surface area contributed by atoms with Crippen molar-refractivity contribution in [3.05, 3.63) is 89.5 Å². The number of benzene rings is 3. The first-order valence-electron chi connectivity index (χ1n) is 9.84. The number of carbonyl (C=O) groups is 1. The van der Waals surface area contributed by atoms with E-state index in [4.69, 9.17) is 20.6 Å². The van der Waals surface area contributed by atoms with Gasteiger partial charge in [0.05, 0.1) is 6.61 Å². The van der Waals surface area contributed by atoms with Gasteiger partial charge in [-0.2, -0.15) is 0 Å². The number of hydrogen-bond acceptors (Lipinski definition) is 5. The fourth-order valence-electron chi connectivity index (χ4n) is 3.03. The first kappa shape index (κ1) is 21.7. The molecule has 0 aromatic heterocycles. The summed E-state index contributed by atoms with van der Waals surface area (Å²) in [4.78, 5) is 12.0. The summed E-state index contributed by atoms with van der Waals surface area (Å²) in [5, 5.41) is 20.3. The normalized spacial score (nSPS) is 11.4. The zero-order chi connectivity index (χ0) is 22.2. The fraction of sp³-hybridized carbons (Fsp3) is 0.167. The van der Waals surface area contributed by atoms with E-state index in [1.165, 1.54) is 0 Å². The molecule has 5 N–H and O–H groups in total. The SMILES string of the molecule is CCOc1cc(OCc2ccccc2)cc(C(Nc2ccc(C(=N)N)cc2)C(=O)O)c1. The van der Waals surface area contributed by atoms with E-state index in [0.717, 1.165) is 5.56 Å². The largest absolute Gasteiger partial charge is 0.494 e. The van der Waals surface area contributed by atoms with E-state index in [-0.39, 0.29) is 5.84 Å². The van der Waals surface area contributed by atoms with Crippen molar-refractivity contribution >= 4 is 17.5 Å². The van der Waals surface area contributed by atoms with E-state index < -0.39 is 12.0 Å². The standard InChI is InChI=1S/C24H25N3O4/c1-2-30-20-12-18(13-21(14-20)31-15-16-6-4-3-5-7-16)22(24(28)29)27-19-10-8-17(9-11-19)23(25)26/h3-14,22,27H,2,15H2,1H3,(H3,25,26)(H,28,29). The van der Waals surface area contributed by atoms with Crippen LogP contribution in [0, 0.1) is 5.41 Å². The second-order valence-corrected chi connectivity index (χ2v) is 6.85. The maximum absolute atomic E-state index is 12.0. The molecule has 31 heavy (non-hydrogen) atoms.